The molecule has 1 saturated carbocycles. The number of halogens is 3. The van der Waals surface area contributed by atoms with Gasteiger partial charge in [-0.2, -0.15) is 0 Å². The lowest BCUT2D eigenvalue weighted by atomic mass is 10.0. The van der Waals surface area contributed by atoms with Crippen LogP contribution in [-0.4, -0.2) is 10.6 Å². The maximum absolute atomic E-state index is 13.6. The highest BCUT2D eigenvalue weighted by molar-refractivity contribution is 9.10. The third kappa shape index (κ3) is 1.99. The van der Waals surface area contributed by atoms with E-state index in [0.717, 1.165) is 18.9 Å². The predicted octanol–water partition coefficient (Wildman–Crippen LogP) is 2.47. The maximum atomic E-state index is 13.6. The van der Waals surface area contributed by atoms with Crippen LogP contribution in [0.3, 0.4) is 0 Å². The Balaban J connectivity index is 2.41. The molecule has 0 bridgehead atoms. The van der Waals surface area contributed by atoms with Gasteiger partial charge in [0, 0.05) is 17.2 Å². The molecule has 1 aromatic carbocycles. The Morgan fingerprint density at radius 1 is 1.47 bits per heavy atom. The first-order valence-electron chi connectivity index (χ1n) is 4.57. The zero-order chi connectivity index (χ0) is 11.2. The van der Waals surface area contributed by atoms with Crippen molar-refractivity contribution in [2.24, 2.45) is 5.73 Å². The molecule has 1 aromatic rings. The largest absolute Gasteiger partial charge is 0.507 e. The minimum Gasteiger partial charge on any atom is -0.507 e. The zero-order valence-corrected chi connectivity index (χ0v) is 9.44. The highest BCUT2D eigenvalue weighted by atomic mass is 79.9. The molecule has 0 atom stereocenters. The molecule has 3 N–H and O–H groups in total. The van der Waals surface area contributed by atoms with Gasteiger partial charge in [0.1, 0.15) is 17.4 Å². The number of phenols is 1. The van der Waals surface area contributed by atoms with E-state index in [4.69, 9.17) is 10.8 Å². The molecule has 15 heavy (non-hydrogen) atoms. The lowest BCUT2D eigenvalue weighted by Crippen LogP contribution is -2.25. The molecule has 0 amide bonds. The summed E-state index contributed by atoms with van der Waals surface area (Å²) in [5, 5.41) is 9.16. The number of benzene rings is 1. The summed E-state index contributed by atoms with van der Waals surface area (Å²) in [7, 11) is 0. The van der Waals surface area contributed by atoms with Gasteiger partial charge in [-0.1, -0.05) is 0 Å². The number of nitrogens with two attached hydrogens (primary N) is 1. The summed E-state index contributed by atoms with van der Waals surface area (Å²) in [5.74, 6) is -1.94. The van der Waals surface area contributed by atoms with Crippen molar-refractivity contribution in [2.75, 3.05) is 0 Å². The molecule has 0 aliphatic heterocycles. The summed E-state index contributed by atoms with van der Waals surface area (Å²) in [4.78, 5) is 0. The predicted molar refractivity (Wildman–Crippen MR) is 55.6 cm³/mol. The normalized spacial score (nSPS) is 17.9. The van der Waals surface area contributed by atoms with Crippen LogP contribution < -0.4 is 5.73 Å². The van der Waals surface area contributed by atoms with Crippen LogP contribution >= 0.6 is 15.9 Å². The first kappa shape index (κ1) is 10.8. The average Bonchev–Trinajstić information content (AvgIpc) is 2.89. The lowest BCUT2D eigenvalue weighted by Gasteiger charge is -2.12. The van der Waals surface area contributed by atoms with Gasteiger partial charge in [-0.3, -0.25) is 0 Å². The number of aromatic hydroxyl groups is 1. The lowest BCUT2D eigenvalue weighted by molar-refractivity contribution is 0.448. The second-order valence-electron chi connectivity index (χ2n) is 4.02. The monoisotopic (exact) mass is 277 g/mol. The van der Waals surface area contributed by atoms with Crippen LogP contribution in [0, 0.1) is 11.6 Å². The van der Waals surface area contributed by atoms with E-state index in [1.54, 1.807) is 0 Å². The van der Waals surface area contributed by atoms with E-state index in [9.17, 15) is 8.78 Å². The SMILES string of the molecule is NC1(Cc2c(F)cc(O)c(Br)c2F)CC1. The molecule has 0 spiro atoms. The minimum absolute atomic E-state index is 0.0559. The second-order valence-corrected chi connectivity index (χ2v) is 4.82. The molecular formula is C10H10BrF2NO. The molecule has 0 radical (unpaired) electrons. The highest BCUT2D eigenvalue weighted by Gasteiger charge is 2.40. The zero-order valence-electron chi connectivity index (χ0n) is 7.86. The van der Waals surface area contributed by atoms with E-state index >= 15 is 0 Å². The Hall–Kier alpha value is -0.680. The molecule has 1 aliphatic rings. The van der Waals surface area contributed by atoms with Crippen molar-refractivity contribution in [3.05, 3.63) is 27.7 Å². The third-order valence-corrected chi connectivity index (χ3v) is 3.41. The fraction of sp³-hybridized carbons (Fsp3) is 0.400. The summed E-state index contributed by atoms with van der Waals surface area (Å²) < 4.78 is 26.8. The van der Waals surface area contributed by atoms with Crippen molar-refractivity contribution < 1.29 is 13.9 Å². The van der Waals surface area contributed by atoms with E-state index < -0.39 is 22.9 Å². The Kier molecular flexibility index (Phi) is 2.47. The Morgan fingerprint density at radius 3 is 2.60 bits per heavy atom. The van der Waals surface area contributed by atoms with Crippen LogP contribution in [0.1, 0.15) is 18.4 Å². The van der Waals surface area contributed by atoms with Gasteiger partial charge in [-0.15, -0.1) is 0 Å². The van der Waals surface area contributed by atoms with Gasteiger partial charge in [-0.05, 0) is 35.2 Å². The molecule has 0 saturated heterocycles. The van der Waals surface area contributed by atoms with Crippen molar-refractivity contribution in [1.82, 2.24) is 0 Å². The van der Waals surface area contributed by atoms with E-state index in [-0.39, 0.29) is 16.5 Å². The Labute approximate surface area is 94.2 Å². The maximum Gasteiger partial charge on any atom is 0.147 e. The van der Waals surface area contributed by atoms with Crippen LogP contribution in [0.15, 0.2) is 10.5 Å². The number of rotatable bonds is 2. The van der Waals surface area contributed by atoms with E-state index in [0.29, 0.717) is 0 Å². The van der Waals surface area contributed by atoms with E-state index in [1.165, 1.54) is 0 Å². The fourth-order valence-corrected chi connectivity index (χ4v) is 1.83. The summed E-state index contributed by atoms with van der Waals surface area (Å²) >= 11 is 2.86. The molecule has 5 heteroatoms. The number of hydrogen-bond donors (Lipinski definition) is 2. The topological polar surface area (TPSA) is 46.2 Å². The van der Waals surface area contributed by atoms with Crippen LogP contribution in [0.5, 0.6) is 5.75 Å². The fourth-order valence-electron chi connectivity index (χ4n) is 1.47. The molecule has 2 nitrogen and oxygen atoms in total. The van der Waals surface area contributed by atoms with Gasteiger partial charge >= 0.3 is 0 Å². The molecule has 0 aromatic heterocycles. The van der Waals surface area contributed by atoms with Crippen LogP contribution in [-0.2, 0) is 6.42 Å². The molecule has 1 fully saturated rings. The smallest absolute Gasteiger partial charge is 0.147 e. The van der Waals surface area contributed by atoms with Crippen LogP contribution in [0.2, 0.25) is 0 Å². The van der Waals surface area contributed by atoms with Gasteiger partial charge in [0.2, 0.25) is 0 Å². The quantitative estimate of drug-likeness (QED) is 0.816. The van der Waals surface area contributed by atoms with Gasteiger partial charge in [-0.25, -0.2) is 8.78 Å². The summed E-state index contributed by atoms with van der Waals surface area (Å²) in [6.07, 6.45) is 1.73. The van der Waals surface area contributed by atoms with Crippen molar-refractivity contribution in [3.8, 4) is 5.75 Å². The standard InChI is InChI=1S/C10H10BrF2NO/c11-8-7(15)3-6(12)5(9(8)13)4-10(14)1-2-10/h3,15H,1-2,4,14H2. The van der Waals surface area contributed by atoms with Crippen LogP contribution in [0.4, 0.5) is 8.78 Å². The van der Waals surface area contributed by atoms with Gasteiger partial charge in [0.25, 0.3) is 0 Å². The Morgan fingerprint density at radius 2 is 2.07 bits per heavy atom. The van der Waals surface area contributed by atoms with Crippen molar-refractivity contribution >= 4 is 15.9 Å². The minimum atomic E-state index is -0.760. The average molecular weight is 278 g/mol. The summed E-state index contributed by atoms with van der Waals surface area (Å²) in [5.41, 5.74) is 5.28. The number of hydrogen-bond acceptors (Lipinski definition) is 2. The molecule has 2 rings (SSSR count). The highest BCUT2D eigenvalue weighted by Crippen LogP contribution is 2.39. The molecular weight excluding hydrogens is 268 g/mol. The van der Waals surface area contributed by atoms with Crippen molar-refractivity contribution in [2.45, 2.75) is 24.8 Å². The first-order chi connectivity index (χ1) is 6.93. The summed E-state index contributed by atoms with van der Waals surface area (Å²) in [6.45, 7) is 0. The Bertz CT molecular complexity index is 418. The number of phenolic OH excluding ortho intramolecular Hbond substituents is 1. The van der Waals surface area contributed by atoms with Crippen molar-refractivity contribution in [3.63, 3.8) is 0 Å². The van der Waals surface area contributed by atoms with E-state index in [2.05, 4.69) is 15.9 Å². The summed E-state index contributed by atoms with van der Waals surface area (Å²) in [6, 6.07) is 0.897. The molecule has 1 aliphatic carbocycles. The molecule has 82 valence electrons. The van der Waals surface area contributed by atoms with Crippen molar-refractivity contribution in [1.29, 1.82) is 0 Å². The van der Waals surface area contributed by atoms with E-state index in [1.807, 2.05) is 0 Å². The van der Waals surface area contributed by atoms with Crippen LogP contribution in [0.25, 0.3) is 0 Å². The second kappa shape index (κ2) is 3.42. The third-order valence-electron chi connectivity index (χ3n) is 2.66. The van der Waals surface area contributed by atoms with Gasteiger partial charge in [0.05, 0.1) is 4.47 Å². The molecule has 0 heterocycles. The van der Waals surface area contributed by atoms with Gasteiger partial charge < -0.3 is 10.8 Å². The molecule has 0 unspecified atom stereocenters. The first-order valence-corrected chi connectivity index (χ1v) is 5.36. The van der Waals surface area contributed by atoms with Gasteiger partial charge in [0.15, 0.2) is 0 Å².